The summed E-state index contributed by atoms with van der Waals surface area (Å²) in [6.45, 7) is 22.6. The first-order valence-corrected chi connectivity index (χ1v) is 29.9. The molecule has 0 bridgehead atoms. The molecule has 0 amide bonds. The summed E-state index contributed by atoms with van der Waals surface area (Å²) in [7, 11) is 0. The lowest BCUT2D eigenvalue weighted by Crippen LogP contribution is -2.29. The van der Waals surface area contributed by atoms with Gasteiger partial charge in [-0.25, -0.2) is 0 Å². The molecule has 10 aromatic rings. The Kier molecular flexibility index (Phi) is 15.5. The van der Waals surface area contributed by atoms with Crippen LogP contribution in [0, 0.1) is 13.8 Å². The van der Waals surface area contributed by atoms with Crippen molar-refractivity contribution in [3.05, 3.63) is 262 Å². The van der Waals surface area contributed by atoms with Gasteiger partial charge in [-0.15, -0.1) is 0 Å². The normalized spacial score (nSPS) is 14.0. The molecular weight excluding hydrogens is 981 g/mol. The van der Waals surface area contributed by atoms with Crippen molar-refractivity contribution in [1.82, 2.24) is 0 Å². The SMILES string of the molecule is CCCCCCc1cccc(C2(c3cccc(C)c3)c3cc(C)ccc3-c3ccc(-c4cc(Oc5ccc(-c6ccc(C(C)(C)C)cc6)cc5)c5cc(CCCC)cc(Oc6ccc(-c7ccc(C(C)(C)C)cc7)cc6)c5c4)cc32)c1. The number of aryl methyl sites for hydroxylation is 4. The lowest BCUT2D eigenvalue weighted by molar-refractivity contribution is 0.482. The Bertz CT molecular complexity index is 3840. The van der Waals surface area contributed by atoms with E-state index in [-0.39, 0.29) is 10.8 Å². The first kappa shape index (κ1) is 55.0. The highest BCUT2D eigenvalue weighted by molar-refractivity contribution is 5.98. The second-order valence-corrected chi connectivity index (χ2v) is 25.1. The van der Waals surface area contributed by atoms with Crippen molar-refractivity contribution >= 4 is 10.8 Å². The molecule has 1 aliphatic rings. The average molecular weight is 1060 g/mol. The molecule has 0 aliphatic heterocycles. The van der Waals surface area contributed by atoms with Crippen molar-refractivity contribution in [3.63, 3.8) is 0 Å². The molecule has 0 radical (unpaired) electrons. The number of rotatable bonds is 17. The minimum atomic E-state index is -0.563. The van der Waals surface area contributed by atoms with Gasteiger partial charge in [0.05, 0.1) is 5.41 Å². The first-order valence-electron chi connectivity index (χ1n) is 29.9. The van der Waals surface area contributed by atoms with E-state index in [0.29, 0.717) is 0 Å². The van der Waals surface area contributed by atoms with E-state index in [1.807, 2.05) is 0 Å². The minimum Gasteiger partial charge on any atom is -0.457 e. The van der Waals surface area contributed by atoms with Gasteiger partial charge in [0, 0.05) is 10.8 Å². The third-order valence-corrected chi connectivity index (χ3v) is 17.0. The molecule has 1 aliphatic carbocycles. The number of unbranched alkanes of at least 4 members (excludes halogenated alkanes) is 4. The van der Waals surface area contributed by atoms with Crippen molar-refractivity contribution in [1.29, 1.82) is 0 Å². The monoisotopic (exact) mass is 1060 g/mol. The maximum Gasteiger partial charge on any atom is 0.136 e. The Hall–Kier alpha value is -7.94. The lowest BCUT2D eigenvalue weighted by Gasteiger charge is -2.35. The maximum absolute atomic E-state index is 7.22. The molecule has 81 heavy (non-hydrogen) atoms. The molecule has 0 saturated carbocycles. The van der Waals surface area contributed by atoms with Crippen LogP contribution in [0.5, 0.6) is 23.0 Å². The van der Waals surface area contributed by atoms with E-state index in [1.54, 1.807) is 0 Å². The van der Waals surface area contributed by atoms with E-state index in [2.05, 4.69) is 275 Å². The number of benzene rings is 10. The van der Waals surface area contributed by atoms with Crippen LogP contribution < -0.4 is 9.47 Å². The summed E-state index contributed by atoms with van der Waals surface area (Å²) >= 11 is 0. The highest BCUT2D eigenvalue weighted by atomic mass is 16.5. The topological polar surface area (TPSA) is 18.5 Å². The quantitative estimate of drug-likeness (QED) is 0.0846. The van der Waals surface area contributed by atoms with Gasteiger partial charge in [0.15, 0.2) is 0 Å². The lowest BCUT2D eigenvalue weighted by atomic mass is 9.66. The summed E-state index contributed by atoms with van der Waals surface area (Å²) in [5, 5.41) is 2.02. The summed E-state index contributed by atoms with van der Waals surface area (Å²) in [6.07, 6.45) is 9.10. The fourth-order valence-electron chi connectivity index (χ4n) is 12.3. The molecule has 1 unspecified atom stereocenters. The molecular formula is C79H80O2. The van der Waals surface area contributed by atoms with Crippen LogP contribution >= 0.6 is 0 Å². The fraction of sp³-hybridized carbons (Fsp3) is 0.266. The van der Waals surface area contributed by atoms with Crippen molar-refractivity contribution in [3.8, 4) is 67.5 Å². The van der Waals surface area contributed by atoms with Gasteiger partial charge in [0.2, 0.25) is 0 Å². The molecule has 0 aromatic heterocycles. The molecule has 10 aromatic carbocycles. The smallest absolute Gasteiger partial charge is 0.136 e. The first-order chi connectivity index (χ1) is 39.1. The van der Waals surface area contributed by atoms with Crippen LogP contribution in [0.2, 0.25) is 0 Å². The number of hydrogen-bond acceptors (Lipinski definition) is 2. The largest absolute Gasteiger partial charge is 0.457 e. The summed E-state index contributed by atoms with van der Waals surface area (Å²) in [6, 6.07) is 77.4. The van der Waals surface area contributed by atoms with Gasteiger partial charge in [-0.1, -0.05) is 244 Å². The van der Waals surface area contributed by atoms with Crippen LogP contribution in [0.4, 0.5) is 0 Å². The Labute approximate surface area is 483 Å². The predicted octanol–water partition coefficient (Wildman–Crippen LogP) is 22.5. The summed E-state index contributed by atoms with van der Waals surface area (Å²) in [5.74, 6) is 3.18. The zero-order chi connectivity index (χ0) is 56.5. The molecule has 2 nitrogen and oxygen atoms in total. The second kappa shape index (κ2) is 22.9. The molecule has 11 rings (SSSR count). The molecule has 0 spiro atoms. The third kappa shape index (κ3) is 11.4. The van der Waals surface area contributed by atoms with Crippen molar-refractivity contribution in [2.24, 2.45) is 0 Å². The zero-order valence-electron chi connectivity index (χ0n) is 49.6. The van der Waals surface area contributed by atoms with Crippen molar-refractivity contribution < 1.29 is 9.47 Å². The molecule has 0 heterocycles. The van der Waals surface area contributed by atoms with Crippen LogP contribution in [0.3, 0.4) is 0 Å². The van der Waals surface area contributed by atoms with E-state index in [0.717, 1.165) is 81.7 Å². The summed E-state index contributed by atoms with van der Waals surface area (Å²) in [5.41, 5.74) is 22.0. The van der Waals surface area contributed by atoms with Gasteiger partial charge < -0.3 is 9.47 Å². The van der Waals surface area contributed by atoms with Crippen molar-refractivity contribution in [2.45, 2.75) is 137 Å². The molecule has 408 valence electrons. The Balaban J connectivity index is 1.08. The van der Waals surface area contributed by atoms with E-state index in [4.69, 9.17) is 9.47 Å². The van der Waals surface area contributed by atoms with Crippen LogP contribution in [0.1, 0.15) is 150 Å². The van der Waals surface area contributed by atoms with Crippen molar-refractivity contribution in [2.75, 3.05) is 0 Å². The van der Waals surface area contributed by atoms with Gasteiger partial charge in [-0.3, -0.25) is 0 Å². The Morgan fingerprint density at radius 1 is 0.358 bits per heavy atom. The van der Waals surface area contributed by atoms with Gasteiger partial charge in [-0.2, -0.15) is 0 Å². The predicted molar refractivity (Wildman–Crippen MR) is 344 cm³/mol. The fourth-order valence-corrected chi connectivity index (χ4v) is 12.3. The summed E-state index contributed by atoms with van der Waals surface area (Å²) < 4.78 is 14.4. The van der Waals surface area contributed by atoms with Crippen LogP contribution in [0.15, 0.2) is 206 Å². The standard InChI is InChI=1S/C79H80O2/c1-11-13-15-16-21-55-22-18-24-66(47-55)79(65-23-17-19-53(3)45-65)73-46-54(4)25-43-69(73)70-44-34-61(51-74(70)79)62-50-72-71(76(52-62)81-68-41-32-60(33-42-68)58-28-37-64(38-29-58)78(8,9)10)48-56(20-14-12-2)49-75(72)80-67-39-30-59(31-40-67)57-26-35-63(36-27-57)77(5,6)7/h17-19,22-52H,11-16,20-21H2,1-10H3. The third-order valence-electron chi connectivity index (χ3n) is 17.0. The van der Waals surface area contributed by atoms with E-state index in [1.165, 1.54) is 104 Å². The molecule has 1 atom stereocenters. The minimum absolute atomic E-state index is 0.0894. The van der Waals surface area contributed by atoms with Gasteiger partial charge in [0.25, 0.3) is 0 Å². The highest BCUT2D eigenvalue weighted by Gasteiger charge is 2.46. The van der Waals surface area contributed by atoms with E-state index >= 15 is 0 Å². The number of fused-ring (bicyclic) bond motifs is 4. The number of ether oxygens (including phenoxy) is 2. The Morgan fingerprint density at radius 3 is 1.41 bits per heavy atom. The van der Waals surface area contributed by atoms with Gasteiger partial charge in [-0.05, 0) is 194 Å². The molecule has 0 saturated heterocycles. The van der Waals surface area contributed by atoms with Crippen LogP contribution in [-0.2, 0) is 29.1 Å². The van der Waals surface area contributed by atoms with Crippen LogP contribution in [0.25, 0.3) is 55.3 Å². The highest BCUT2D eigenvalue weighted by Crippen LogP contribution is 2.57. The number of hydrogen-bond donors (Lipinski definition) is 0. The van der Waals surface area contributed by atoms with Gasteiger partial charge in [0.1, 0.15) is 23.0 Å². The van der Waals surface area contributed by atoms with E-state index < -0.39 is 5.41 Å². The molecule has 0 N–H and O–H groups in total. The second-order valence-electron chi connectivity index (χ2n) is 25.1. The van der Waals surface area contributed by atoms with Crippen LogP contribution in [-0.4, -0.2) is 0 Å². The van der Waals surface area contributed by atoms with Gasteiger partial charge >= 0.3 is 0 Å². The average Bonchev–Trinajstić information content (AvgIpc) is 4.00. The molecule has 0 fully saturated rings. The van der Waals surface area contributed by atoms with E-state index in [9.17, 15) is 0 Å². The maximum atomic E-state index is 7.22. The zero-order valence-corrected chi connectivity index (χ0v) is 49.6. The molecule has 2 heteroatoms. The Morgan fingerprint density at radius 2 is 0.840 bits per heavy atom. The summed E-state index contributed by atoms with van der Waals surface area (Å²) in [4.78, 5) is 0.